The number of nitrogens with zero attached hydrogens (tertiary/aromatic N) is 2. The minimum atomic E-state index is -0.747. The molecule has 4 atom stereocenters. The summed E-state index contributed by atoms with van der Waals surface area (Å²) in [7, 11) is 0. The first-order valence-electron chi connectivity index (χ1n) is 12.4. The molecule has 3 saturated heterocycles. The van der Waals surface area contributed by atoms with E-state index in [4.69, 9.17) is 0 Å². The van der Waals surface area contributed by atoms with Crippen molar-refractivity contribution in [3.63, 3.8) is 0 Å². The first-order chi connectivity index (χ1) is 16.4. The van der Waals surface area contributed by atoms with E-state index in [1.54, 1.807) is 4.90 Å². The third-order valence-electron chi connectivity index (χ3n) is 7.77. The van der Waals surface area contributed by atoms with Crippen molar-refractivity contribution in [1.29, 1.82) is 0 Å². The van der Waals surface area contributed by atoms with Crippen LogP contribution in [0, 0.1) is 11.8 Å². The minimum absolute atomic E-state index is 0.00765. The van der Waals surface area contributed by atoms with Crippen molar-refractivity contribution in [2.45, 2.75) is 70.2 Å². The number of likely N-dealkylation sites (tertiary alicyclic amines) is 1. The maximum Gasteiger partial charge on any atom is 0.245 e. The highest BCUT2D eigenvalue weighted by Crippen LogP contribution is 2.58. The summed E-state index contributed by atoms with van der Waals surface area (Å²) in [5.41, 5.74) is 1.25. The Bertz CT molecular complexity index is 1070. The van der Waals surface area contributed by atoms with Crippen LogP contribution in [0.1, 0.15) is 50.7 Å². The maximum atomic E-state index is 13.8. The van der Waals surface area contributed by atoms with Crippen LogP contribution in [0.3, 0.4) is 0 Å². The SMILES string of the molecule is CC(C)CC(=O)N1C2CCC13[C@H](C2)C(=O)N(Cc1ccccc1)[C@H]3C(=O)NCc1ccccc1. The minimum Gasteiger partial charge on any atom is -0.350 e. The average molecular weight is 460 g/mol. The fraction of sp³-hybridized carbons (Fsp3) is 0.464. The Balaban J connectivity index is 1.50. The molecule has 0 aromatic heterocycles. The molecule has 6 nitrogen and oxygen atoms in total. The zero-order valence-corrected chi connectivity index (χ0v) is 19.9. The molecule has 2 unspecified atom stereocenters. The molecule has 3 fully saturated rings. The standard InChI is InChI=1S/C28H33N3O3/c1-19(2)15-24(32)31-22-13-14-28(31)23(16-22)27(34)30(18-21-11-7-4-8-12-21)25(28)26(33)29-17-20-9-5-3-6-10-20/h3-12,19,22-23,25H,13-18H2,1-2H3,(H,29,33)/t22?,23-,25+,28?/m1/s1. The molecule has 5 rings (SSSR count). The second-order valence-electron chi connectivity index (χ2n) is 10.4. The Morgan fingerprint density at radius 2 is 1.68 bits per heavy atom. The van der Waals surface area contributed by atoms with Crippen molar-refractivity contribution in [3.8, 4) is 0 Å². The lowest BCUT2D eigenvalue weighted by Crippen LogP contribution is -2.61. The summed E-state index contributed by atoms with van der Waals surface area (Å²) in [5, 5.41) is 3.10. The Labute approximate surface area is 201 Å². The zero-order valence-electron chi connectivity index (χ0n) is 19.9. The summed E-state index contributed by atoms with van der Waals surface area (Å²) < 4.78 is 0. The quantitative estimate of drug-likeness (QED) is 0.689. The third kappa shape index (κ3) is 3.69. The molecule has 1 N–H and O–H groups in total. The highest BCUT2D eigenvalue weighted by molar-refractivity contribution is 5.97. The number of carbonyl (C=O) groups is 3. The van der Waals surface area contributed by atoms with Crippen molar-refractivity contribution < 1.29 is 14.4 Å². The molecule has 0 aliphatic carbocycles. The van der Waals surface area contributed by atoms with Crippen LogP contribution < -0.4 is 5.32 Å². The lowest BCUT2D eigenvalue weighted by molar-refractivity contribution is -0.142. The molecule has 178 valence electrons. The van der Waals surface area contributed by atoms with Crippen LogP contribution in [-0.2, 0) is 27.5 Å². The molecule has 0 radical (unpaired) electrons. The molecule has 2 bridgehead atoms. The number of nitrogens with one attached hydrogen (secondary N) is 1. The second kappa shape index (κ2) is 8.90. The molecule has 3 aliphatic heterocycles. The molecule has 6 heteroatoms. The molecule has 3 heterocycles. The summed E-state index contributed by atoms with van der Waals surface area (Å²) in [4.78, 5) is 44.8. The highest BCUT2D eigenvalue weighted by atomic mass is 16.2. The van der Waals surface area contributed by atoms with Gasteiger partial charge in [0.25, 0.3) is 0 Å². The van der Waals surface area contributed by atoms with Crippen molar-refractivity contribution in [3.05, 3.63) is 71.8 Å². The highest BCUT2D eigenvalue weighted by Gasteiger charge is 2.72. The summed E-state index contributed by atoms with van der Waals surface area (Å²) in [6.45, 7) is 4.85. The Kier molecular flexibility index (Phi) is 5.92. The summed E-state index contributed by atoms with van der Waals surface area (Å²) >= 11 is 0. The van der Waals surface area contributed by atoms with Crippen LogP contribution in [0.25, 0.3) is 0 Å². The molecule has 2 aromatic carbocycles. The number of fused-ring (bicyclic) bond motifs is 1. The van der Waals surface area contributed by atoms with Crippen molar-refractivity contribution in [2.75, 3.05) is 0 Å². The van der Waals surface area contributed by atoms with Gasteiger partial charge in [-0.2, -0.15) is 0 Å². The van der Waals surface area contributed by atoms with E-state index in [0.717, 1.165) is 17.5 Å². The van der Waals surface area contributed by atoms with Gasteiger partial charge >= 0.3 is 0 Å². The molecule has 3 amide bonds. The van der Waals surface area contributed by atoms with Gasteiger partial charge in [0.2, 0.25) is 17.7 Å². The summed E-state index contributed by atoms with van der Waals surface area (Å²) in [6.07, 6.45) is 2.66. The van der Waals surface area contributed by atoms with Gasteiger partial charge in [0, 0.05) is 25.6 Å². The monoisotopic (exact) mass is 459 g/mol. The van der Waals surface area contributed by atoms with Gasteiger partial charge in [-0.3, -0.25) is 14.4 Å². The third-order valence-corrected chi connectivity index (χ3v) is 7.77. The fourth-order valence-electron chi connectivity index (χ4n) is 6.48. The Hall–Kier alpha value is -3.15. The van der Waals surface area contributed by atoms with E-state index in [-0.39, 0.29) is 35.6 Å². The van der Waals surface area contributed by atoms with Crippen LogP contribution >= 0.6 is 0 Å². The second-order valence-corrected chi connectivity index (χ2v) is 10.4. The van der Waals surface area contributed by atoms with E-state index in [2.05, 4.69) is 5.32 Å². The number of benzene rings is 2. The molecule has 34 heavy (non-hydrogen) atoms. The van der Waals surface area contributed by atoms with Crippen LogP contribution in [0.5, 0.6) is 0 Å². The van der Waals surface area contributed by atoms with Gasteiger partial charge in [0.15, 0.2) is 0 Å². The van der Waals surface area contributed by atoms with Crippen LogP contribution in [0.15, 0.2) is 60.7 Å². The van der Waals surface area contributed by atoms with E-state index in [1.165, 1.54) is 0 Å². The smallest absolute Gasteiger partial charge is 0.245 e. The maximum absolute atomic E-state index is 13.8. The van der Waals surface area contributed by atoms with Gasteiger partial charge in [-0.25, -0.2) is 0 Å². The van der Waals surface area contributed by atoms with E-state index in [1.807, 2.05) is 79.4 Å². The predicted molar refractivity (Wildman–Crippen MR) is 129 cm³/mol. The van der Waals surface area contributed by atoms with Crippen molar-refractivity contribution >= 4 is 17.7 Å². The largest absolute Gasteiger partial charge is 0.350 e. The Morgan fingerprint density at radius 3 is 2.32 bits per heavy atom. The summed E-state index contributed by atoms with van der Waals surface area (Å²) in [6, 6.07) is 19.0. The summed E-state index contributed by atoms with van der Waals surface area (Å²) in [5.74, 6) is -0.159. The molecular formula is C28H33N3O3. The van der Waals surface area contributed by atoms with E-state index < -0.39 is 11.6 Å². The molecule has 3 aliphatic rings. The Morgan fingerprint density at radius 1 is 1.03 bits per heavy atom. The first-order valence-corrected chi connectivity index (χ1v) is 12.4. The van der Waals surface area contributed by atoms with Gasteiger partial charge in [-0.1, -0.05) is 74.5 Å². The predicted octanol–water partition coefficient (Wildman–Crippen LogP) is 3.51. The number of rotatable bonds is 7. The zero-order chi connectivity index (χ0) is 23.9. The fourth-order valence-corrected chi connectivity index (χ4v) is 6.48. The molecule has 2 aromatic rings. The average Bonchev–Trinajstić information content (AvgIpc) is 3.43. The van der Waals surface area contributed by atoms with Gasteiger partial charge in [-0.15, -0.1) is 0 Å². The van der Waals surface area contributed by atoms with E-state index >= 15 is 0 Å². The van der Waals surface area contributed by atoms with Crippen LogP contribution in [0.2, 0.25) is 0 Å². The lowest BCUT2D eigenvalue weighted by Gasteiger charge is -2.40. The number of carbonyl (C=O) groups excluding carboxylic acids is 3. The van der Waals surface area contributed by atoms with Crippen LogP contribution in [0.4, 0.5) is 0 Å². The molecular weight excluding hydrogens is 426 g/mol. The molecule has 1 spiro atoms. The van der Waals surface area contributed by atoms with Gasteiger partial charge in [-0.05, 0) is 36.3 Å². The van der Waals surface area contributed by atoms with Crippen molar-refractivity contribution in [1.82, 2.24) is 15.1 Å². The normalized spacial score (nSPS) is 27.4. The van der Waals surface area contributed by atoms with E-state index in [0.29, 0.717) is 32.4 Å². The van der Waals surface area contributed by atoms with Gasteiger partial charge < -0.3 is 15.1 Å². The van der Waals surface area contributed by atoms with Gasteiger partial charge in [0.05, 0.1) is 11.5 Å². The lowest BCUT2D eigenvalue weighted by atomic mass is 9.75. The molecule has 0 saturated carbocycles. The topological polar surface area (TPSA) is 69.7 Å². The number of hydrogen-bond donors (Lipinski definition) is 1. The van der Waals surface area contributed by atoms with E-state index in [9.17, 15) is 14.4 Å². The van der Waals surface area contributed by atoms with Gasteiger partial charge in [0.1, 0.15) is 6.04 Å². The van der Waals surface area contributed by atoms with Crippen LogP contribution in [-0.4, -0.2) is 45.1 Å². The first kappa shape index (κ1) is 22.6. The number of hydrogen-bond acceptors (Lipinski definition) is 3. The van der Waals surface area contributed by atoms with Crippen molar-refractivity contribution in [2.24, 2.45) is 11.8 Å². The number of amides is 3.